The molecular weight excluding hydrogens is 1020 g/mol. The molecule has 32 heteroatoms. The van der Waals surface area contributed by atoms with Gasteiger partial charge in [0.25, 0.3) is 46.4 Å². The van der Waals surface area contributed by atoms with Gasteiger partial charge >= 0.3 is 5.97 Å². The summed E-state index contributed by atoms with van der Waals surface area (Å²) in [6.07, 6.45) is 0. The van der Waals surface area contributed by atoms with E-state index in [1.807, 2.05) is 0 Å². The van der Waals surface area contributed by atoms with Crippen molar-refractivity contribution in [2.45, 2.75) is 39.5 Å². The summed E-state index contributed by atoms with van der Waals surface area (Å²) in [5.41, 5.74) is -3.01. The van der Waals surface area contributed by atoms with Crippen LogP contribution in [-0.4, -0.2) is 122 Å². The van der Waals surface area contributed by atoms with E-state index >= 15 is 0 Å². The summed E-state index contributed by atoms with van der Waals surface area (Å²) in [6.45, 7) is 1.23. The van der Waals surface area contributed by atoms with Gasteiger partial charge < -0.3 is 29.9 Å². The smallest absolute Gasteiger partial charge is 0.355 e. The van der Waals surface area contributed by atoms with Crippen molar-refractivity contribution in [2.24, 2.45) is 35.8 Å². The minimum atomic E-state index is -5.57. The molecule has 28 nitrogen and oxygen atoms in total. The molecule has 1 aliphatic heterocycles. The number of hydrazone groups is 1. The number of aliphatic carboxylic acids is 1. The Morgan fingerprint density at radius 3 is 1.70 bits per heavy atom. The second kappa shape index (κ2) is 20.0. The van der Waals surface area contributed by atoms with Gasteiger partial charge in [0.05, 0.1) is 23.8 Å². The number of aryl methyl sites for hydroxylation is 2. The van der Waals surface area contributed by atoms with Crippen molar-refractivity contribution >= 4 is 103 Å². The lowest BCUT2D eigenvalue weighted by Gasteiger charge is -2.14. The van der Waals surface area contributed by atoms with Gasteiger partial charge in [-0.2, -0.15) is 54.0 Å². The summed E-state index contributed by atoms with van der Waals surface area (Å²) in [7, 11) is -20.6. The standard InChI is InChI=1S/C38H34N8O20S4/c1-18-13-27(30(14-19(18)2)68(56,57)58)42-40-25-16-29(66-12-10-48)26(17-28(25)65-11-9-47)41-43-32-31(69(59,60)61)15-23-22(35(32)49)7-8-24(36(23)70(62,63)64)39-44-33-34(38(51)52)45-46(37(33)50)20-3-5-21(6-4-20)67(53,54)55/h3-8,13-17,33,47-49H,9-12H2,1-2H3,(H,51,52)(H,53,54,55)(H,56,57,58)(H,59,60,61)(H,62,63,64). The third-order valence-electron chi connectivity index (χ3n) is 9.60. The fourth-order valence-corrected chi connectivity index (χ4v) is 8.94. The number of azo groups is 3. The number of phenols is 1. The van der Waals surface area contributed by atoms with Crippen LogP contribution in [0.25, 0.3) is 10.8 Å². The number of nitrogens with zero attached hydrogens (tertiary/aromatic N) is 8. The van der Waals surface area contributed by atoms with Crippen LogP contribution in [-0.2, 0) is 50.1 Å². The van der Waals surface area contributed by atoms with E-state index in [2.05, 4.69) is 35.8 Å². The molecule has 0 aliphatic carbocycles. The molecule has 6 rings (SSSR count). The first-order valence-electron chi connectivity index (χ1n) is 19.1. The summed E-state index contributed by atoms with van der Waals surface area (Å²) >= 11 is 0. The van der Waals surface area contributed by atoms with Crippen molar-refractivity contribution in [3.8, 4) is 17.2 Å². The van der Waals surface area contributed by atoms with E-state index in [4.69, 9.17) is 9.47 Å². The number of hydrogen-bond acceptors (Lipinski definition) is 22. The summed E-state index contributed by atoms with van der Waals surface area (Å²) in [5, 5.41) is 65.9. The summed E-state index contributed by atoms with van der Waals surface area (Å²) in [4.78, 5) is 21.6. The maximum absolute atomic E-state index is 13.4. The van der Waals surface area contributed by atoms with E-state index < -0.39 is 138 Å². The number of benzene rings is 5. The highest BCUT2D eigenvalue weighted by atomic mass is 32.2. The van der Waals surface area contributed by atoms with Gasteiger partial charge in [0.1, 0.15) is 67.8 Å². The number of amides is 1. The van der Waals surface area contributed by atoms with Gasteiger partial charge in [-0.15, -0.1) is 20.5 Å². The molecule has 0 spiro atoms. The highest BCUT2D eigenvalue weighted by molar-refractivity contribution is 7.87. The van der Waals surface area contributed by atoms with Crippen LogP contribution < -0.4 is 14.5 Å². The van der Waals surface area contributed by atoms with Crippen LogP contribution in [0.5, 0.6) is 17.2 Å². The van der Waals surface area contributed by atoms with Crippen LogP contribution in [0.15, 0.2) is 122 Å². The van der Waals surface area contributed by atoms with Crippen molar-refractivity contribution < 1.29 is 91.4 Å². The lowest BCUT2D eigenvalue weighted by Crippen LogP contribution is -2.33. The van der Waals surface area contributed by atoms with Gasteiger partial charge in [-0.3, -0.25) is 23.0 Å². The second-order valence-electron chi connectivity index (χ2n) is 14.3. The molecule has 1 unspecified atom stereocenters. The number of anilines is 1. The molecule has 8 N–H and O–H groups in total. The molecule has 0 fully saturated rings. The number of fused-ring (bicyclic) bond motifs is 1. The number of aromatic hydroxyl groups is 1. The molecule has 1 aliphatic rings. The van der Waals surface area contributed by atoms with Gasteiger partial charge in [-0.25, -0.2) is 4.79 Å². The molecule has 0 aromatic heterocycles. The molecule has 5 aromatic rings. The van der Waals surface area contributed by atoms with E-state index in [9.17, 15) is 81.9 Å². The van der Waals surface area contributed by atoms with Gasteiger partial charge in [-0.1, -0.05) is 0 Å². The van der Waals surface area contributed by atoms with Gasteiger partial charge in [0.15, 0.2) is 11.5 Å². The Bertz CT molecular complexity index is 3570. The molecule has 1 atom stereocenters. The summed E-state index contributed by atoms with van der Waals surface area (Å²) in [6, 6.07) is 8.27. The highest BCUT2D eigenvalue weighted by Crippen LogP contribution is 2.47. The zero-order chi connectivity index (χ0) is 51.7. The molecule has 370 valence electrons. The maximum atomic E-state index is 13.4. The molecule has 0 saturated heterocycles. The number of carbonyl (C=O) groups excluding carboxylic acids is 1. The number of carbonyl (C=O) groups is 2. The van der Waals surface area contributed by atoms with E-state index in [-0.39, 0.29) is 34.2 Å². The average molecular weight is 1050 g/mol. The topological polar surface area (TPSA) is 441 Å². The number of carboxylic acids is 1. The molecule has 0 saturated carbocycles. The van der Waals surface area contributed by atoms with E-state index in [0.29, 0.717) is 22.2 Å². The molecule has 0 radical (unpaired) electrons. The SMILES string of the molecule is Cc1cc(N=Nc2cc(OCCO)c(N=Nc3c(S(=O)(=O)O)cc4c(S(=O)(=O)O)c(N=NC5C(=O)N(c6ccc(S(=O)(=O)O)cc6)N=C5C(=O)O)ccc4c3O)cc2OCCO)c(S(=O)(=O)O)cc1C. The highest BCUT2D eigenvalue weighted by Gasteiger charge is 2.41. The Morgan fingerprint density at radius 1 is 0.643 bits per heavy atom. The first-order valence-corrected chi connectivity index (χ1v) is 24.9. The van der Waals surface area contributed by atoms with E-state index in [1.54, 1.807) is 13.8 Å². The Kier molecular flexibility index (Phi) is 14.9. The number of hydrogen-bond donors (Lipinski definition) is 8. The van der Waals surface area contributed by atoms with E-state index in [1.165, 1.54) is 6.07 Å². The molecular formula is C38H34N8O20S4. The summed E-state index contributed by atoms with van der Waals surface area (Å²) < 4.78 is 150. The normalized spacial score (nSPS) is 14.9. The lowest BCUT2D eigenvalue weighted by atomic mass is 10.1. The monoisotopic (exact) mass is 1050 g/mol. The molecule has 5 aromatic carbocycles. The van der Waals surface area contributed by atoms with Gasteiger partial charge in [0.2, 0.25) is 6.04 Å². The minimum absolute atomic E-state index is 0.213. The predicted octanol–water partition coefficient (Wildman–Crippen LogP) is 4.66. The number of rotatable bonds is 18. The first-order chi connectivity index (χ1) is 32.6. The van der Waals surface area contributed by atoms with Crippen molar-refractivity contribution in [3.05, 3.63) is 77.9 Å². The zero-order valence-corrected chi connectivity index (χ0v) is 38.7. The number of aliphatic hydroxyl groups excluding tert-OH is 2. The van der Waals surface area contributed by atoms with Crippen LogP contribution >= 0.6 is 0 Å². The van der Waals surface area contributed by atoms with Crippen LogP contribution in [0.2, 0.25) is 0 Å². The quantitative estimate of drug-likeness (QED) is 0.0437. The lowest BCUT2D eigenvalue weighted by molar-refractivity contribution is -0.130. The van der Waals surface area contributed by atoms with Crippen LogP contribution in [0, 0.1) is 13.8 Å². The minimum Gasteiger partial charge on any atom is -0.505 e. The van der Waals surface area contributed by atoms with Crippen LogP contribution in [0.3, 0.4) is 0 Å². The fourth-order valence-electron chi connectivity index (χ4n) is 6.31. The van der Waals surface area contributed by atoms with E-state index in [0.717, 1.165) is 54.6 Å². The first kappa shape index (κ1) is 52.1. The molecule has 1 amide bonds. The van der Waals surface area contributed by atoms with Crippen molar-refractivity contribution in [1.29, 1.82) is 0 Å². The number of phenolic OH excluding ortho intramolecular Hbond substituents is 1. The van der Waals surface area contributed by atoms with Gasteiger partial charge in [0, 0.05) is 22.9 Å². The zero-order valence-electron chi connectivity index (χ0n) is 35.4. The maximum Gasteiger partial charge on any atom is 0.355 e. The fraction of sp³-hybridized carbons (Fsp3) is 0.184. The Morgan fingerprint density at radius 2 is 1.19 bits per heavy atom. The number of ether oxygens (including phenoxy) is 2. The third-order valence-corrected chi connectivity index (χ3v) is 13.2. The average Bonchev–Trinajstić information content (AvgIpc) is 3.61. The predicted molar refractivity (Wildman–Crippen MR) is 238 cm³/mol. The van der Waals surface area contributed by atoms with Crippen LogP contribution in [0.4, 0.5) is 34.1 Å². The Balaban J connectivity index is 1.46. The Hall–Kier alpha value is -7.27. The van der Waals surface area contributed by atoms with Gasteiger partial charge in [-0.05, 0) is 79.6 Å². The largest absolute Gasteiger partial charge is 0.505 e. The van der Waals surface area contributed by atoms with Crippen molar-refractivity contribution in [2.75, 3.05) is 31.4 Å². The number of carboxylic acid groups (broad SMARTS) is 1. The van der Waals surface area contributed by atoms with Crippen molar-refractivity contribution in [1.82, 2.24) is 0 Å². The number of aliphatic hydroxyl groups is 2. The third kappa shape index (κ3) is 11.3. The Labute approximate surface area is 394 Å². The molecule has 1 heterocycles. The van der Waals surface area contributed by atoms with Crippen molar-refractivity contribution in [3.63, 3.8) is 0 Å². The molecule has 70 heavy (non-hydrogen) atoms. The molecule has 0 bridgehead atoms. The summed E-state index contributed by atoms with van der Waals surface area (Å²) in [5.74, 6) is -4.82. The second-order valence-corrected chi connectivity index (χ2v) is 19.8. The van der Waals surface area contributed by atoms with Crippen LogP contribution in [0.1, 0.15) is 11.1 Å².